The van der Waals surface area contributed by atoms with E-state index in [0.717, 1.165) is 17.2 Å². The number of hydrogen-bond acceptors (Lipinski definition) is 3. The highest BCUT2D eigenvalue weighted by atomic mass is 79.9. The molecule has 0 aliphatic heterocycles. The second kappa shape index (κ2) is 10.2. The Morgan fingerprint density at radius 1 is 1.33 bits per heavy atom. The van der Waals surface area contributed by atoms with Crippen molar-refractivity contribution in [2.75, 3.05) is 40.1 Å². The third kappa shape index (κ3) is 7.67. The molecule has 0 radical (unpaired) electrons. The van der Waals surface area contributed by atoms with Crippen LogP contribution in [0.3, 0.4) is 0 Å². The van der Waals surface area contributed by atoms with Crippen molar-refractivity contribution in [1.29, 1.82) is 0 Å². The number of carbonyl (C=O) groups is 1. The van der Waals surface area contributed by atoms with E-state index in [4.69, 9.17) is 0 Å². The second-order valence-corrected chi connectivity index (χ2v) is 4.66. The molecule has 0 heterocycles. The molecule has 0 unspecified atom stereocenters. The smallest absolute Gasteiger partial charge is 0.238 e. The van der Waals surface area contributed by atoms with Gasteiger partial charge >= 0.3 is 0 Å². The summed E-state index contributed by atoms with van der Waals surface area (Å²) in [6.07, 6.45) is 0. The molecule has 1 aromatic carbocycles. The van der Waals surface area contributed by atoms with Gasteiger partial charge in [-0.25, -0.2) is 0 Å². The maximum atomic E-state index is 11.7. The van der Waals surface area contributed by atoms with Gasteiger partial charge in [-0.1, -0.05) is 12.1 Å². The lowest BCUT2D eigenvalue weighted by Gasteiger charge is -2.12. The largest absolute Gasteiger partial charge is 0.359 e. The van der Waals surface area contributed by atoms with Crippen LogP contribution >= 0.6 is 17.0 Å². The SMILES string of the molecule is Br.CN=C(NC)NCc1cccc(NC(=O)CN(C)C)c1. The molecular formula is C14H24BrN5O. The summed E-state index contributed by atoms with van der Waals surface area (Å²) in [5, 5.41) is 9.00. The summed E-state index contributed by atoms with van der Waals surface area (Å²) in [7, 11) is 7.26. The number of benzene rings is 1. The van der Waals surface area contributed by atoms with Crippen molar-refractivity contribution in [1.82, 2.24) is 15.5 Å². The highest BCUT2D eigenvalue weighted by Crippen LogP contribution is 2.10. The summed E-state index contributed by atoms with van der Waals surface area (Å²) in [6, 6.07) is 7.75. The van der Waals surface area contributed by atoms with E-state index in [1.165, 1.54) is 0 Å². The minimum absolute atomic E-state index is 0. The summed E-state index contributed by atoms with van der Waals surface area (Å²) >= 11 is 0. The predicted molar refractivity (Wildman–Crippen MR) is 93.2 cm³/mol. The fourth-order valence-electron chi connectivity index (χ4n) is 1.71. The maximum Gasteiger partial charge on any atom is 0.238 e. The molecule has 7 heteroatoms. The predicted octanol–water partition coefficient (Wildman–Crippen LogP) is 1.06. The van der Waals surface area contributed by atoms with Crippen LogP contribution in [0.5, 0.6) is 0 Å². The molecule has 0 aromatic heterocycles. The number of guanidine groups is 1. The number of carbonyl (C=O) groups excluding carboxylic acids is 1. The first kappa shape index (κ1) is 19.4. The molecule has 118 valence electrons. The van der Waals surface area contributed by atoms with E-state index < -0.39 is 0 Å². The van der Waals surface area contributed by atoms with E-state index in [0.29, 0.717) is 13.1 Å². The van der Waals surface area contributed by atoms with Gasteiger partial charge in [-0.3, -0.25) is 9.79 Å². The van der Waals surface area contributed by atoms with Gasteiger partial charge in [0, 0.05) is 26.3 Å². The summed E-state index contributed by atoms with van der Waals surface area (Å²) in [6.45, 7) is 1.01. The number of hydrogen-bond donors (Lipinski definition) is 3. The standard InChI is InChI=1S/C14H23N5O.BrH/c1-15-14(16-2)17-9-11-6-5-7-12(8-11)18-13(20)10-19(3)4;/h5-8H,9-10H2,1-4H3,(H,18,20)(H2,15,16,17);1H. The Balaban J connectivity index is 0.00000400. The summed E-state index contributed by atoms with van der Waals surface area (Å²) in [4.78, 5) is 17.6. The van der Waals surface area contributed by atoms with Gasteiger partial charge in [-0.15, -0.1) is 17.0 Å². The molecule has 21 heavy (non-hydrogen) atoms. The molecule has 3 N–H and O–H groups in total. The second-order valence-electron chi connectivity index (χ2n) is 4.66. The van der Waals surface area contributed by atoms with Crippen molar-refractivity contribution in [2.45, 2.75) is 6.54 Å². The number of halogens is 1. The van der Waals surface area contributed by atoms with Crippen LogP contribution in [0.25, 0.3) is 0 Å². The average molecular weight is 358 g/mol. The molecular weight excluding hydrogens is 334 g/mol. The number of likely N-dealkylation sites (N-methyl/N-ethyl adjacent to an activating group) is 1. The van der Waals surface area contributed by atoms with Gasteiger partial charge in [0.2, 0.25) is 5.91 Å². The number of anilines is 1. The van der Waals surface area contributed by atoms with Crippen LogP contribution in [0.15, 0.2) is 29.3 Å². The van der Waals surface area contributed by atoms with Gasteiger partial charge in [0.05, 0.1) is 6.54 Å². The highest BCUT2D eigenvalue weighted by Gasteiger charge is 2.04. The molecule has 0 atom stereocenters. The number of aliphatic imine (C=N–C) groups is 1. The van der Waals surface area contributed by atoms with Crippen molar-refractivity contribution in [3.05, 3.63) is 29.8 Å². The van der Waals surface area contributed by atoms with Crippen LogP contribution in [0.4, 0.5) is 5.69 Å². The van der Waals surface area contributed by atoms with Crippen molar-refractivity contribution in [3.8, 4) is 0 Å². The zero-order chi connectivity index (χ0) is 15.0. The zero-order valence-electron chi connectivity index (χ0n) is 12.9. The van der Waals surface area contributed by atoms with Crippen molar-refractivity contribution < 1.29 is 4.79 Å². The van der Waals surface area contributed by atoms with Crippen molar-refractivity contribution >= 4 is 34.5 Å². The Kier molecular flexibility index (Phi) is 9.40. The van der Waals surface area contributed by atoms with E-state index in [1.807, 2.05) is 50.3 Å². The van der Waals surface area contributed by atoms with Crippen LogP contribution in [0.2, 0.25) is 0 Å². The minimum atomic E-state index is -0.0221. The molecule has 0 saturated carbocycles. The zero-order valence-corrected chi connectivity index (χ0v) is 14.6. The van der Waals surface area contributed by atoms with E-state index in [1.54, 1.807) is 7.05 Å². The first-order valence-corrected chi connectivity index (χ1v) is 6.47. The fourth-order valence-corrected chi connectivity index (χ4v) is 1.71. The van der Waals surface area contributed by atoms with Crippen LogP contribution in [0.1, 0.15) is 5.56 Å². The van der Waals surface area contributed by atoms with Gasteiger partial charge in [0.15, 0.2) is 5.96 Å². The van der Waals surface area contributed by atoms with Gasteiger partial charge in [-0.05, 0) is 31.8 Å². The Labute approximate surface area is 136 Å². The number of amides is 1. The quantitative estimate of drug-likeness (QED) is 0.544. The van der Waals surface area contributed by atoms with E-state index in [-0.39, 0.29) is 22.9 Å². The molecule has 1 amide bonds. The molecule has 0 aliphatic rings. The van der Waals surface area contributed by atoms with Crippen LogP contribution in [-0.2, 0) is 11.3 Å². The minimum Gasteiger partial charge on any atom is -0.359 e. The Hall–Kier alpha value is -1.60. The number of nitrogens with zero attached hydrogens (tertiary/aromatic N) is 2. The monoisotopic (exact) mass is 357 g/mol. The topological polar surface area (TPSA) is 68.8 Å². The summed E-state index contributed by atoms with van der Waals surface area (Å²) in [5.41, 5.74) is 1.87. The third-order valence-corrected chi connectivity index (χ3v) is 2.59. The molecule has 0 spiro atoms. The molecule has 0 fully saturated rings. The molecule has 1 rings (SSSR count). The fraction of sp³-hybridized carbons (Fsp3) is 0.429. The van der Waals surface area contributed by atoms with Gasteiger partial charge in [-0.2, -0.15) is 0 Å². The third-order valence-electron chi connectivity index (χ3n) is 2.59. The lowest BCUT2D eigenvalue weighted by Crippen LogP contribution is -2.34. The van der Waals surface area contributed by atoms with Gasteiger partial charge in [0.1, 0.15) is 0 Å². The molecule has 6 nitrogen and oxygen atoms in total. The Bertz CT molecular complexity index is 476. The first-order valence-electron chi connectivity index (χ1n) is 6.47. The lowest BCUT2D eigenvalue weighted by atomic mass is 10.2. The van der Waals surface area contributed by atoms with Crippen LogP contribution in [-0.4, -0.2) is 51.5 Å². The lowest BCUT2D eigenvalue weighted by molar-refractivity contribution is -0.116. The number of nitrogens with one attached hydrogen (secondary N) is 3. The molecule has 1 aromatic rings. The van der Waals surface area contributed by atoms with Crippen molar-refractivity contribution in [3.63, 3.8) is 0 Å². The first-order chi connectivity index (χ1) is 9.55. The van der Waals surface area contributed by atoms with Gasteiger partial charge < -0.3 is 20.9 Å². The number of rotatable bonds is 5. The summed E-state index contributed by atoms with van der Waals surface area (Å²) in [5.74, 6) is 0.707. The van der Waals surface area contributed by atoms with Crippen molar-refractivity contribution in [2.24, 2.45) is 4.99 Å². The normalized spacial score (nSPS) is 10.8. The summed E-state index contributed by atoms with van der Waals surface area (Å²) < 4.78 is 0. The van der Waals surface area contributed by atoms with Gasteiger partial charge in [0.25, 0.3) is 0 Å². The van der Waals surface area contributed by atoms with Crippen LogP contribution < -0.4 is 16.0 Å². The van der Waals surface area contributed by atoms with E-state index in [9.17, 15) is 4.79 Å². The molecule has 0 aliphatic carbocycles. The maximum absolute atomic E-state index is 11.7. The Morgan fingerprint density at radius 3 is 2.62 bits per heavy atom. The van der Waals surface area contributed by atoms with Crippen LogP contribution in [0, 0.1) is 0 Å². The van der Waals surface area contributed by atoms with E-state index >= 15 is 0 Å². The Morgan fingerprint density at radius 2 is 2.05 bits per heavy atom. The average Bonchev–Trinajstić information content (AvgIpc) is 2.39. The highest BCUT2D eigenvalue weighted by molar-refractivity contribution is 8.93. The molecule has 0 bridgehead atoms. The van der Waals surface area contributed by atoms with E-state index in [2.05, 4.69) is 20.9 Å². The molecule has 0 saturated heterocycles.